The Morgan fingerprint density at radius 2 is 1.82 bits per heavy atom. The van der Waals surface area contributed by atoms with Gasteiger partial charge in [0.25, 0.3) is 0 Å². The van der Waals surface area contributed by atoms with Gasteiger partial charge in [-0.15, -0.1) is 0 Å². The number of hydrogen-bond donors (Lipinski definition) is 2. The lowest BCUT2D eigenvalue weighted by Crippen LogP contribution is -2.03. The Bertz CT molecular complexity index is 506. The molecular weight excluding hydrogens is 212 g/mol. The summed E-state index contributed by atoms with van der Waals surface area (Å²) >= 11 is 0. The summed E-state index contributed by atoms with van der Waals surface area (Å²) in [5.41, 5.74) is 2.96. The molecule has 0 aliphatic heterocycles. The third kappa shape index (κ3) is 2.86. The number of aliphatic hydroxyl groups is 1. The van der Waals surface area contributed by atoms with Gasteiger partial charge in [0.15, 0.2) is 0 Å². The smallest absolute Gasteiger partial charge is 0.115 e. The monoisotopic (exact) mass is 228 g/mol. The summed E-state index contributed by atoms with van der Waals surface area (Å²) < 4.78 is 0. The number of aliphatic hydroxyl groups excluding tert-OH is 1. The van der Waals surface area contributed by atoms with Crippen LogP contribution in [0.5, 0.6) is 5.75 Å². The van der Waals surface area contributed by atoms with Gasteiger partial charge in [0.05, 0.1) is 6.10 Å². The Kier molecular flexibility index (Phi) is 3.45. The minimum Gasteiger partial charge on any atom is -0.508 e. The maximum atomic E-state index is 10.2. The highest BCUT2D eigenvalue weighted by atomic mass is 16.3. The van der Waals surface area contributed by atoms with Crippen LogP contribution in [-0.4, -0.2) is 10.2 Å². The quantitative estimate of drug-likeness (QED) is 0.847. The summed E-state index contributed by atoms with van der Waals surface area (Å²) in [5.74, 6) is 0.236. The fourth-order valence-electron chi connectivity index (χ4n) is 1.98. The van der Waals surface area contributed by atoms with Crippen molar-refractivity contribution in [3.05, 3.63) is 65.2 Å². The van der Waals surface area contributed by atoms with E-state index in [1.807, 2.05) is 37.3 Å². The third-order valence-electron chi connectivity index (χ3n) is 2.89. The first kappa shape index (κ1) is 11.7. The minimum absolute atomic E-state index is 0.236. The summed E-state index contributed by atoms with van der Waals surface area (Å²) in [6.45, 7) is 1.99. The molecule has 0 amide bonds. The van der Waals surface area contributed by atoms with Gasteiger partial charge in [-0.05, 0) is 35.7 Å². The second-order valence-electron chi connectivity index (χ2n) is 4.25. The van der Waals surface area contributed by atoms with Gasteiger partial charge >= 0.3 is 0 Å². The molecule has 0 heterocycles. The molecule has 0 radical (unpaired) electrons. The minimum atomic E-state index is -0.530. The van der Waals surface area contributed by atoms with E-state index in [1.54, 1.807) is 18.2 Å². The molecule has 2 aromatic rings. The van der Waals surface area contributed by atoms with Crippen LogP contribution < -0.4 is 0 Å². The average molecular weight is 228 g/mol. The summed E-state index contributed by atoms with van der Waals surface area (Å²) in [6, 6.07) is 14.8. The first-order valence-electron chi connectivity index (χ1n) is 5.68. The van der Waals surface area contributed by atoms with E-state index in [0.29, 0.717) is 6.42 Å². The second-order valence-corrected chi connectivity index (χ2v) is 4.25. The van der Waals surface area contributed by atoms with Crippen molar-refractivity contribution in [3.8, 4) is 5.75 Å². The molecule has 0 aromatic heterocycles. The van der Waals surface area contributed by atoms with Gasteiger partial charge in [0, 0.05) is 6.42 Å². The standard InChI is InChI=1S/C15H16O2/c1-11-5-2-3-8-14(11)15(17)10-12-6-4-7-13(16)9-12/h2-9,15-17H,10H2,1H3. The number of hydrogen-bond acceptors (Lipinski definition) is 2. The first-order chi connectivity index (χ1) is 8.16. The zero-order valence-electron chi connectivity index (χ0n) is 9.80. The summed E-state index contributed by atoms with van der Waals surface area (Å²) in [7, 11) is 0. The molecule has 1 unspecified atom stereocenters. The molecular formula is C15H16O2. The van der Waals surface area contributed by atoms with Gasteiger partial charge in [-0.3, -0.25) is 0 Å². The fourth-order valence-corrected chi connectivity index (χ4v) is 1.98. The first-order valence-corrected chi connectivity index (χ1v) is 5.68. The summed E-state index contributed by atoms with van der Waals surface area (Å²) in [6.07, 6.45) is -0.0165. The van der Waals surface area contributed by atoms with Crippen LogP contribution in [0.4, 0.5) is 0 Å². The van der Waals surface area contributed by atoms with Gasteiger partial charge in [0.2, 0.25) is 0 Å². The lowest BCUT2D eigenvalue weighted by Gasteiger charge is -2.13. The number of rotatable bonds is 3. The van der Waals surface area contributed by atoms with Crippen molar-refractivity contribution < 1.29 is 10.2 Å². The molecule has 2 aromatic carbocycles. The molecule has 1 atom stereocenters. The number of aryl methyl sites for hydroxylation is 1. The van der Waals surface area contributed by atoms with E-state index in [9.17, 15) is 10.2 Å². The van der Waals surface area contributed by atoms with Crippen LogP contribution in [0.3, 0.4) is 0 Å². The molecule has 2 N–H and O–H groups in total. The normalized spacial score (nSPS) is 12.4. The predicted molar refractivity (Wildman–Crippen MR) is 67.9 cm³/mol. The van der Waals surface area contributed by atoms with E-state index in [1.165, 1.54) is 0 Å². The summed E-state index contributed by atoms with van der Waals surface area (Å²) in [5, 5.41) is 19.5. The van der Waals surface area contributed by atoms with E-state index in [4.69, 9.17) is 0 Å². The molecule has 0 aliphatic carbocycles. The highest BCUT2D eigenvalue weighted by molar-refractivity contribution is 5.31. The Labute approximate surface area is 101 Å². The van der Waals surface area contributed by atoms with Gasteiger partial charge < -0.3 is 10.2 Å². The molecule has 2 heteroatoms. The maximum Gasteiger partial charge on any atom is 0.115 e. The van der Waals surface area contributed by atoms with Crippen LogP contribution in [0.25, 0.3) is 0 Å². The maximum absolute atomic E-state index is 10.2. The molecule has 88 valence electrons. The van der Waals surface area contributed by atoms with Crippen LogP contribution in [0.2, 0.25) is 0 Å². The number of phenols is 1. The van der Waals surface area contributed by atoms with Gasteiger partial charge in [-0.25, -0.2) is 0 Å². The van der Waals surface area contributed by atoms with Gasteiger partial charge in [-0.1, -0.05) is 36.4 Å². The van der Waals surface area contributed by atoms with E-state index in [2.05, 4.69) is 0 Å². The van der Waals surface area contributed by atoms with E-state index in [-0.39, 0.29) is 5.75 Å². The lowest BCUT2D eigenvalue weighted by atomic mass is 9.98. The predicted octanol–water partition coefficient (Wildman–Crippen LogP) is 2.98. The molecule has 0 aliphatic rings. The number of benzene rings is 2. The number of phenolic OH excluding ortho intramolecular Hbond substituents is 1. The van der Waals surface area contributed by atoms with Crippen molar-refractivity contribution in [3.63, 3.8) is 0 Å². The summed E-state index contributed by atoms with van der Waals surface area (Å²) in [4.78, 5) is 0. The van der Waals surface area contributed by atoms with Crippen LogP contribution in [0, 0.1) is 6.92 Å². The van der Waals surface area contributed by atoms with Gasteiger partial charge in [0.1, 0.15) is 5.75 Å². The van der Waals surface area contributed by atoms with Crippen molar-refractivity contribution in [1.29, 1.82) is 0 Å². The SMILES string of the molecule is Cc1ccccc1C(O)Cc1cccc(O)c1. The van der Waals surface area contributed by atoms with Crippen LogP contribution in [-0.2, 0) is 6.42 Å². The highest BCUT2D eigenvalue weighted by Gasteiger charge is 2.10. The Balaban J connectivity index is 2.17. The van der Waals surface area contributed by atoms with Crippen molar-refractivity contribution in [2.75, 3.05) is 0 Å². The Hall–Kier alpha value is -1.80. The van der Waals surface area contributed by atoms with Crippen LogP contribution in [0.1, 0.15) is 22.8 Å². The Morgan fingerprint density at radius 3 is 2.53 bits per heavy atom. The highest BCUT2D eigenvalue weighted by Crippen LogP contribution is 2.22. The van der Waals surface area contributed by atoms with E-state index in [0.717, 1.165) is 16.7 Å². The van der Waals surface area contributed by atoms with Crippen molar-refractivity contribution in [1.82, 2.24) is 0 Å². The zero-order valence-corrected chi connectivity index (χ0v) is 9.80. The van der Waals surface area contributed by atoms with Crippen molar-refractivity contribution >= 4 is 0 Å². The molecule has 2 nitrogen and oxygen atoms in total. The second kappa shape index (κ2) is 5.02. The molecule has 0 spiro atoms. The van der Waals surface area contributed by atoms with Gasteiger partial charge in [-0.2, -0.15) is 0 Å². The topological polar surface area (TPSA) is 40.5 Å². The lowest BCUT2D eigenvalue weighted by molar-refractivity contribution is 0.177. The molecule has 0 fully saturated rings. The zero-order chi connectivity index (χ0) is 12.3. The molecule has 0 bridgehead atoms. The molecule has 0 saturated carbocycles. The van der Waals surface area contributed by atoms with Crippen LogP contribution in [0.15, 0.2) is 48.5 Å². The third-order valence-corrected chi connectivity index (χ3v) is 2.89. The molecule has 17 heavy (non-hydrogen) atoms. The largest absolute Gasteiger partial charge is 0.508 e. The Morgan fingerprint density at radius 1 is 1.06 bits per heavy atom. The molecule has 2 rings (SSSR count). The molecule has 0 saturated heterocycles. The van der Waals surface area contributed by atoms with Crippen molar-refractivity contribution in [2.24, 2.45) is 0 Å². The fraction of sp³-hybridized carbons (Fsp3) is 0.200. The van der Waals surface area contributed by atoms with Crippen molar-refractivity contribution in [2.45, 2.75) is 19.4 Å². The van der Waals surface area contributed by atoms with E-state index >= 15 is 0 Å². The average Bonchev–Trinajstić information content (AvgIpc) is 2.29. The van der Waals surface area contributed by atoms with E-state index < -0.39 is 6.10 Å². The van der Waals surface area contributed by atoms with Crippen LogP contribution >= 0.6 is 0 Å². The number of aromatic hydroxyl groups is 1.